The number of carbonyl (C=O) groups is 1. The van der Waals surface area contributed by atoms with Crippen molar-refractivity contribution in [2.75, 3.05) is 32.1 Å². The number of carbonyl (C=O) groups excluding carboxylic acids is 1. The molecule has 0 aliphatic heterocycles. The monoisotopic (exact) mass is 425 g/mol. The van der Waals surface area contributed by atoms with Crippen LogP contribution in [-0.2, 0) is 0 Å². The third-order valence-corrected chi connectivity index (χ3v) is 5.27. The Morgan fingerprint density at radius 1 is 1.14 bits per heavy atom. The summed E-state index contributed by atoms with van der Waals surface area (Å²) < 4.78 is 28.0. The van der Waals surface area contributed by atoms with E-state index in [0.29, 0.717) is 21.9 Å². The second-order valence-electron chi connectivity index (χ2n) is 6.66. The van der Waals surface area contributed by atoms with Crippen LogP contribution in [0.3, 0.4) is 0 Å². The van der Waals surface area contributed by atoms with E-state index >= 15 is 0 Å². The summed E-state index contributed by atoms with van der Waals surface area (Å²) in [4.78, 5) is 21.1. The molecule has 3 aromatic rings. The summed E-state index contributed by atoms with van der Waals surface area (Å²) in [6, 6.07) is 9.38. The van der Waals surface area contributed by atoms with Crippen LogP contribution in [0.15, 0.2) is 36.4 Å². The van der Waals surface area contributed by atoms with E-state index in [1.54, 1.807) is 11.0 Å². The minimum atomic E-state index is -0.718. The van der Waals surface area contributed by atoms with Crippen molar-refractivity contribution in [2.45, 2.75) is 13.3 Å². The average molecular weight is 426 g/mol. The highest BCUT2D eigenvalue weighted by atomic mass is 35.5. The molecule has 0 unspecified atom stereocenters. The number of rotatable bonds is 6. The van der Waals surface area contributed by atoms with E-state index < -0.39 is 11.6 Å². The molecule has 28 heavy (non-hydrogen) atoms. The second kappa shape index (κ2) is 9.41. The molecular weight excluding hydrogens is 404 g/mol. The molecule has 0 bridgehead atoms. The molecule has 1 amide bonds. The van der Waals surface area contributed by atoms with Gasteiger partial charge in [0, 0.05) is 18.2 Å². The number of benzene rings is 2. The lowest BCUT2D eigenvalue weighted by Gasteiger charge is -2.21. The fourth-order valence-electron chi connectivity index (χ4n) is 2.85. The highest BCUT2D eigenvalue weighted by Crippen LogP contribution is 2.32. The molecule has 0 spiro atoms. The van der Waals surface area contributed by atoms with Crippen molar-refractivity contribution in [2.24, 2.45) is 0 Å². The van der Waals surface area contributed by atoms with Gasteiger partial charge in [-0.3, -0.25) is 9.69 Å². The molecule has 150 valence electrons. The largest absolute Gasteiger partial charge is 0.309 e. The van der Waals surface area contributed by atoms with Crippen molar-refractivity contribution >= 4 is 45.0 Å². The highest BCUT2D eigenvalue weighted by molar-refractivity contribution is 7.22. The van der Waals surface area contributed by atoms with Gasteiger partial charge in [-0.25, -0.2) is 13.8 Å². The van der Waals surface area contributed by atoms with Gasteiger partial charge in [0.15, 0.2) is 10.9 Å². The number of thiazole rings is 1. The van der Waals surface area contributed by atoms with Crippen LogP contribution in [0.4, 0.5) is 13.9 Å². The van der Waals surface area contributed by atoms with Crippen LogP contribution < -0.4 is 4.90 Å². The number of nitrogens with zero attached hydrogens (tertiary/aromatic N) is 3. The van der Waals surface area contributed by atoms with Gasteiger partial charge < -0.3 is 4.90 Å². The first-order chi connectivity index (χ1) is 12.9. The topological polar surface area (TPSA) is 36.4 Å². The summed E-state index contributed by atoms with van der Waals surface area (Å²) >= 11 is 1.12. The van der Waals surface area contributed by atoms with Gasteiger partial charge in [0.1, 0.15) is 11.3 Å². The Labute approximate surface area is 173 Å². The molecule has 0 radical (unpaired) electrons. The summed E-state index contributed by atoms with van der Waals surface area (Å²) in [6.45, 7) is 3.11. The van der Waals surface area contributed by atoms with Gasteiger partial charge in [-0.05, 0) is 51.7 Å². The molecular formula is C20H22ClF2N3OS. The standard InChI is InChI=1S/C20H21F2N3OS.ClH/c1-13-7-4-5-8-15(13)19(26)25(10-6-9-24(2)3)20-23-18-16(22)11-14(21)12-17(18)27-20;/h4-5,7-8,11-12H,6,9-10H2,1-3H3;1H. The molecule has 1 heterocycles. The van der Waals surface area contributed by atoms with Gasteiger partial charge in [-0.1, -0.05) is 29.5 Å². The molecule has 0 atom stereocenters. The van der Waals surface area contributed by atoms with Crippen molar-refractivity contribution in [3.63, 3.8) is 0 Å². The molecule has 1 aromatic heterocycles. The van der Waals surface area contributed by atoms with Crippen LogP contribution in [0.2, 0.25) is 0 Å². The fourth-order valence-corrected chi connectivity index (χ4v) is 3.88. The first-order valence-corrected chi connectivity index (χ1v) is 9.46. The van der Waals surface area contributed by atoms with Gasteiger partial charge >= 0.3 is 0 Å². The van der Waals surface area contributed by atoms with Crippen molar-refractivity contribution in [3.05, 3.63) is 59.2 Å². The Bertz CT molecular complexity index is 977. The lowest BCUT2D eigenvalue weighted by Crippen LogP contribution is -2.33. The molecule has 0 fully saturated rings. The smallest absolute Gasteiger partial charge is 0.260 e. The molecule has 2 aromatic carbocycles. The number of hydrogen-bond acceptors (Lipinski definition) is 4. The minimum absolute atomic E-state index is 0. The Hall–Kier alpha value is -2.09. The van der Waals surface area contributed by atoms with E-state index in [1.807, 2.05) is 44.1 Å². The molecule has 0 aliphatic carbocycles. The van der Waals surface area contributed by atoms with E-state index in [-0.39, 0.29) is 23.8 Å². The summed E-state index contributed by atoms with van der Waals surface area (Å²) in [6.07, 6.45) is 0.734. The van der Waals surface area contributed by atoms with Crippen LogP contribution in [0.25, 0.3) is 10.2 Å². The maximum atomic E-state index is 14.1. The summed E-state index contributed by atoms with van der Waals surface area (Å²) in [5, 5.41) is 0.376. The Morgan fingerprint density at radius 3 is 2.54 bits per heavy atom. The van der Waals surface area contributed by atoms with E-state index in [9.17, 15) is 13.6 Å². The first kappa shape index (κ1) is 22.2. The first-order valence-electron chi connectivity index (χ1n) is 8.64. The number of aromatic nitrogens is 1. The maximum absolute atomic E-state index is 14.1. The number of amides is 1. The Morgan fingerprint density at radius 2 is 1.86 bits per heavy atom. The molecule has 0 aliphatic rings. The molecule has 0 saturated heterocycles. The van der Waals surface area contributed by atoms with E-state index in [0.717, 1.165) is 35.9 Å². The van der Waals surface area contributed by atoms with Crippen LogP contribution >= 0.6 is 23.7 Å². The van der Waals surface area contributed by atoms with Crippen molar-refractivity contribution < 1.29 is 13.6 Å². The molecule has 3 rings (SSSR count). The zero-order chi connectivity index (χ0) is 19.6. The van der Waals surface area contributed by atoms with Gasteiger partial charge in [-0.15, -0.1) is 12.4 Å². The van der Waals surface area contributed by atoms with Crippen molar-refractivity contribution in [1.29, 1.82) is 0 Å². The molecule has 8 heteroatoms. The second-order valence-corrected chi connectivity index (χ2v) is 7.67. The van der Waals surface area contributed by atoms with Crippen LogP contribution in [-0.4, -0.2) is 43.0 Å². The molecule has 0 N–H and O–H groups in total. The van der Waals surface area contributed by atoms with E-state index in [2.05, 4.69) is 4.98 Å². The van der Waals surface area contributed by atoms with E-state index in [1.165, 1.54) is 6.07 Å². The normalized spacial score (nSPS) is 10.9. The predicted molar refractivity (Wildman–Crippen MR) is 113 cm³/mol. The van der Waals surface area contributed by atoms with Gasteiger partial charge in [0.2, 0.25) is 0 Å². The average Bonchev–Trinajstić information content (AvgIpc) is 3.02. The van der Waals surface area contributed by atoms with E-state index in [4.69, 9.17) is 0 Å². The summed E-state index contributed by atoms with van der Waals surface area (Å²) in [7, 11) is 3.92. The van der Waals surface area contributed by atoms with Crippen LogP contribution in [0, 0.1) is 18.6 Å². The highest BCUT2D eigenvalue weighted by Gasteiger charge is 2.23. The van der Waals surface area contributed by atoms with Crippen LogP contribution in [0.1, 0.15) is 22.3 Å². The third-order valence-electron chi connectivity index (χ3n) is 4.24. The Balaban J connectivity index is 0.00000280. The van der Waals surface area contributed by atoms with Crippen molar-refractivity contribution in [3.8, 4) is 0 Å². The zero-order valence-corrected chi connectivity index (χ0v) is 17.5. The number of anilines is 1. The number of fused-ring (bicyclic) bond motifs is 1. The summed E-state index contributed by atoms with van der Waals surface area (Å²) in [5.74, 6) is -1.56. The van der Waals surface area contributed by atoms with Gasteiger partial charge in [0.25, 0.3) is 5.91 Å². The molecule has 4 nitrogen and oxygen atoms in total. The van der Waals surface area contributed by atoms with Crippen molar-refractivity contribution in [1.82, 2.24) is 9.88 Å². The maximum Gasteiger partial charge on any atom is 0.260 e. The minimum Gasteiger partial charge on any atom is -0.309 e. The summed E-state index contributed by atoms with van der Waals surface area (Å²) in [5.41, 5.74) is 1.53. The Kier molecular flexibility index (Phi) is 7.46. The number of aryl methyl sites for hydroxylation is 1. The lowest BCUT2D eigenvalue weighted by molar-refractivity contribution is 0.0985. The quantitative estimate of drug-likeness (QED) is 0.563. The predicted octanol–water partition coefficient (Wildman–Crippen LogP) is 4.90. The third kappa shape index (κ3) is 4.84. The SMILES string of the molecule is Cc1ccccc1C(=O)N(CCCN(C)C)c1nc2c(F)cc(F)cc2s1.Cl. The zero-order valence-electron chi connectivity index (χ0n) is 15.9. The fraction of sp³-hybridized carbons (Fsp3) is 0.300. The lowest BCUT2D eigenvalue weighted by atomic mass is 10.1. The van der Waals surface area contributed by atoms with Gasteiger partial charge in [-0.2, -0.15) is 0 Å². The van der Waals surface area contributed by atoms with Crippen LogP contribution in [0.5, 0.6) is 0 Å². The van der Waals surface area contributed by atoms with Gasteiger partial charge in [0.05, 0.1) is 4.70 Å². The molecule has 0 saturated carbocycles. The number of hydrogen-bond donors (Lipinski definition) is 0. The number of halogens is 3.